The normalized spacial score (nSPS) is 12.5. The molecule has 3 aromatic rings. The zero-order valence-corrected chi connectivity index (χ0v) is 13.3. The van der Waals surface area contributed by atoms with Crippen molar-refractivity contribution in [3.05, 3.63) is 57.7 Å². The molecule has 0 atom stereocenters. The smallest absolute Gasteiger partial charge is 0.312 e. The second-order valence-electron chi connectivity index (χ2n) is 4.86. The summed E-state index contributed by atoms with van der Waals surface area (Å²) in [5.41, 5.74) is -0.669. The van der Waals surface area contributed by atoms with E-state index < -0.39 is 21.8 Å². The molecule has 0 bridgehead atoms. The third-order valence-electron chi connectivity index (χ3n) is 3.14. The number of H-pyrrole nitrogens is 1. The Morgan fingerprint density at radius 3 is 2.54 bits per heavy atom. The van der Waals surface area contributed by atoms with Gasteiger partial charge < -0.3 is 4.98 Å². The van der Waals surface area contributed by atoms with Gasteiger partial charge in [-0.05, 0) is 36.4 Å². The fraction of sp³-hybridized carbons (Fsp3) is 0.0714. The van der Waals surface area contributed by atoms with Crippen LogP contribution in [-0.4, -0.2) is 13.4 Å². The van der Waals surface area contributed by atoms with Gasteiger partial charge in [0.25, 0.3) is 10.0 Å². The van der Waals surface area contributed by atoms with Gasteiger partial charge in [0, 0.05) is 5.69 Å². The van der Waals surface area contributed by atoms with Crippen molar-refractivity contribution in [3.8, 4) is 0 Å². The fourth-order valence-electron chi connectivity index (χ4n) is 2.07. The minimum Gasteiger partial charge on any atom is -0.312 e. The summed E-state index contributed by atoms with van der Waals surface area (Å²) in [6.45, 7) is 0. The monoisotopic (exact) mass is 374 g/mol. The number of aromatic nitrogens is 1. The minimum atomic E-state index is -4.57. The number of alkyl halides is 3. The topological polar surface area (TPSA) is 79.0 Å². The molecule has 0 fully saturated rings. The van der Waals surface area contributed by atoms with Gasteiger partial charge in [0.2, 0.25) is 0 Å². The minimum absolute atomic E-state index is 0.150. The van der Waals surface area contributed by atoms with Crippen LogP contribution in [0.2, 0.25) is 0 Å². The molecule has 5 nitrogen and oxygen atoms in total. The predicted octanol–water partition coefficient (Wildman–Crippen LogP) is 3.41. The molecule has 1 heterocycles. The molecule has 2 aromatic carbocycles. The molecule has 0 amide bonds. The van der Waals surface area contributed by atoms with Crippen LogP contribution in [-0.2, 0) is 16.2 Å². The summed E-state index contributed by atoms with van der Waals surface area (Å²) < 4.78 is 65.3. The number of fused-ring (bicyclic) bond motifs is 1. The van der Waals surface area contributed by atoms with E-state index in [1.54, 1.807) is 0 Å². The zero-order chi connectivity index (χ0) is 17.5. The van der Waals surface area contributed by atoms with Crippen molar-refractivity contribution in [2.45, 2.75) is 11.1 Å². The third-order valence-corrected chi connectivity index (χ3v) is 5.37. The second-order valence-corrected chi connectivity index (χ2v) is 7.55. The number of nitrogens with one attached hydrogen (secondary N) is 2. The van der Waals surface area contributed by atoms with E-state index in [4.69, 9.17) is 0 Å². The molecular formula is C14H9F3N2O3S2. The maximum atomic E-state index is 12.7. The van der Waals surface area contributed by atoms with Crippen LogP contribution in [0.25, 0.3) is 10.2 Å². The number of aromatic amines is 1. The Kier molecular flexibility index (Phi) is 3.88. The largest absolute Gasteiger partial charge is 0.416 e. The van der Waals surface area contributed by atoms with E-state index in [2.05, 4.69) is 9.71 Å². The van der Waals surface area contributed by atoms with Crippen LogP contribution in [0.5, 0.6) is 0 Å². The van der Waals surface area contributed by atoms with Gasteiger partial charge in [0.1, 0.15) is 0 Å². The Morgan fingerprint density at radius 1 is 1.08 bits per heavy atom. The van der Waals surface area contributed by atoms with Gasteiger partial charge in [0.15, 0.2) is 0 Å². The van der Waals surface area contributed by atoms with E-state index in [0.717, 1.165) is 23.5 Å². The highest BCUT2D eigenvalue weighted by Gasteiger charge is 2.30. The average molecular weight is 374 g/mol. The highest BCUT2D eigenvalue weighted by atomic mass is 32.2. The highest BCUT2D eigenvalue weighted by Crippen LogP contribution is 2.31. The van der Waals surface area contributed by atoms with E-state index in [-0.39, 0.29) is 15.5 Å². The van der Waals surface area contributed by atoms with Gasteiger partial charge in [-0.15, -0.1) is 0 Å². The molecule has 1 aromatic heterocycles. The Balaban J connectivity index is 1.97. The standard InChI is InChI=1S/C14H9F3N2O3S2/c15-14(16,17)8-2-1-3-9(6-8)19-24(21,22)10-4-5-11-12(7-10)23-13(20)18-11/h1-7,19H,(H,18,20). The SMILES string of the molecule is O=c1[nH]c2ccc(S(=O)(=O)Nc3cccc(C(F)(F)F)c3)cc2s1. The predicted molar refractivity (Wildman–Crippen MR) is 84.7 cm³/mol. The Bertz CT molecular complexity index is 1070. The van der Waals surface area contributed by atoms with E-state index in [9.17, 15) is 26.4 Å². The maximum absolute atomic E-state index is 12.7. The summed E-state index contributed by atoms with van der Waals surface area (Å²) in [6, 6.07) is 7.87. The molecule has 0 aliphatic rings. The first kappa shape index (κ1) is 16.5. The molecule has 0 aliphatic carbocycles. The van der Waals surface area contributed by atoms with Crippen LogP contribution < -0.4 is 9.60 Å². The first-order valence-corrected chi connectivity index (χ1v) is 8.78. The molecular weight excluding hydrogens is 365 g/mol. The quantitative estimate of drug-likeness (QED) is 0.737. The number of hydrogen-bond acceptors (Lipinski definition) is 4. The zero-order valence-electron chi connectivity index (χ0n) is 11.7. The number of halogens is 3. The molecule has 0 saturated carbocycles. The van der Waals surface area contributed by atoms with Crippen molar-refractivity contribution >= 4 is 37.3 Å². The van der Waals surface area contributed by atoms with Gasteiger partial charge in [-0.25, -0.2) is 8.42 Å². The molecule has 10 heteroatoms. The molecule has 0 unspecified atom stereocenters. The van der Waals surface area contributed by atoms with Gasteiger partial charge in [-0.3, -0.25) is 9.52 Å². The van der Waals surface area contributed by atoms with Crippen molar-refractivity contribution in [3.63, 3.8) is 0 Å². The van der Waals surface area contributed by atoms with Gasteiger partial charge in [-0.1, -0.05) is 17.4 Å². The van der Waals surface area contributed by atoms with Crippen molar-refractivity contribution < 1.29 is 21.6 Å². The molecule has 0 spiro atoms. The summed E-state index contributed by atoms with van der Waals surface area (Å²) in [5.74, 6) is 0. The lowest BCUT2D eigenvalue weighted by Gasteiger charge is -2.11. The average Bonchev–Trinajstić information content (AvgIpc) is 2.85. The van der Waals surface area contributed by atoms with Crippen LogP contribution in [0.15, 0.2) is 52.2 Å². The maximum Gasteiger partial charge on any atom is 0.416 e. The van der Waals surface area contributed by atoms with Crippen molar-refractivity contribution in [1.29, 1.82) is 0 Å². The highest BCUT2D eigenvalue weighted by molar-refractivity contribution is 7.92. The molecule has 126 valence electrons. The molecule has 0 saturated heterocycles. The molecule has 3 rings (SSSR count). The summed E-state index contributed by atoms with van der Waals surface area (Å²) in [5, 5.41) is 0. The van der Waals surface area contributed by atoms with Crippen molar-refractivity contribution in [2.75, 3.05) is 4.72 Å². The number of thiazole rings is 1. The Morgan fingerprint density at radius 2 is 1.83 bits per heavy atom. The molecule has 0 radical (unpaired) electrons. The van der Waals surface area contributed by atoms with Gasteiger partial charge >= 0.3 is 11.0 Å². The first-order valence-electron chi connectivity index (χ1n) is 6.48. The van der Waals surface area contributed by atoms with Crippen LogP contribution in [0.1, 0.15) is 5.56 Å². The summed E-state index contributed by atoms with van der Waals surface area (Å²) >= 11 is 0.842. The van der Waals surface area contributed by atoms with Crippen molar-refractivity contribution in [1.82, 2.24) is 4.98 Å². The molecule has 24 heavy (non-hydrogen) atoms. The lowest BCUT2D eigenvalue weighted by atomic mass is 10.2. The number of benzene rings is 2. The lowest BCUT2D eigenvalue weighted by Crippen LogP contribution is -2.14. The summed E-state index contributed by atoms with van der Waals surface area (Å²) in [6.07, 6.45) is -4.57. The fourth-order valence-corrected chi connectivity index (χ4v) is 3.99. The van der Waals surface area contributed by atoms with Crippen LogP contribution >= 0.6 is 11.3 Å². The van der Waals surface area contributed by atoms with E-state index >= 15 is 0 Å². The summed E-state index contributed by atoms with van der Waals surface area (Å²) in [4.78, 5) is 13.3. The lowest BCUT2D eigenvalue weighted by molar-refractivity contribution is -0.137. The summed E-state index contributed by atoms with van der Waals surface area (Å²) in [7, 11) is -4.08. The third kappa shape index (κ3) is 3.29. The number of hydrogen-bond donors (Lipinski definition) is 2. The second kappa shape index (κ2) is 5.64. The van der Waals surface area contributed by atoms with Crippen LogP contribution in [0.4, 0.5) is 18.9 Å². The van der Waals surface area contributed by atoms with E-state index in [1.807, 2.05) is 0 Å². The molecule has 2 N–H and O–H groups in total. The van der Waals surface area contributed by atoms with Gasteiger partial charge in [-0.2, -0.15) is 13.2 Å². The van der Waals surface area contributed by atoms with Crippen LogP contribution in [0, 0.1) is 0 Å². The molecule has 0 aliphatic heterocycles. The Labute approximate surface area is 137 Å². The van der Waals surface area contributed by atoms with E-state index in [1.165, 1.54) is 24.3 Å². The van der Waals surface area contributed by atoms with Crippen LogP contribution in [0.3, 0.4) is 0 Å². The number of rotatable bonds is 3. The van der Waals surface area contributed by atoms with E-state index in [0.29, 0.717) is 16.3 Å². The van der Waals surface area contributed by atoms with Crippen molar-refractivity contribution in [2.24, 2.45) is 0 Å². The number of sulfonamides is 1. The van der Waals surface area contributed by atoms with Gasteiger partial charge in [0.05, 0.1) is 20.7 Å². The Hall–Kier alpha value is -2.33. The number of anilines is 1. The first-order chi connectivity index (χ1) is 11.1.